The van der Waals surface area contributed by atoms with Gasteiger partial charge in [0.1, 0.15) is 11.8 Å². The van der Waals surface area contributed by atoms with Gasteiger partial charge in [0, 0.05) is 6.04 Å². The lowest BCUT2D eigenvalue weighted by molar-refractivity contribution is -0.161. The van der Waals surface area contributed by atoms with Crippen LogP contribution in [0.25, 0.3) is 0 Å². The minimum Gasteiger partial charge on any atom is -0.353 e. The number of nitrogens with zero attached hydrogens (tertiary/aromatic N) is 1. The van der Waals surface area contributed by atoms with Crippen molar-refractivity contribution in [2.45, 2.75) is 77.1 Å². The maximum Gasteiger partial charge on any atom is 0.245 e. The van der Waals surface area contributed by atoms with Crippen molar-refractivity contribution < 1.29 is 14.3 Å². The summed E-state index contributed by atoms with van der Waals surface area (Å²) in [7, 11) is 0. The fourth-order valence-electron chi connectivity index (χ4n) is 4.15. The van der Waals surface area contributed by atoms with E-state index in [4.69, 9.17) is 4.74 Å². The molecule has 1 aromatic rings. The van der Waals surface area contributed by atoms with Crippen LogP contribution in [0.1, 0.15) is 58.4 Å². The Labute approximate surface area is 162 Å². The number of hydrogen-bond donors (Lipinski definition) is 1. The minimum absolute atomic E-state index is 0.0162. The molecule has 0 radical (unpaired) electrons. The molecule has 1 spiro atoms. The third-order valence-electron chi connectivity index (χ3n) is 6.09. The molecule has 2 amide bonds. The number of nitrogens with one attached hydrogen (secondary N) is 1. The van der Waals surface area contributed by atoms with Crippen LogP contribution in [0.4, 0.5) is 0 Å². The van der Waals surface area contributed by atoms with Gasteiger partial charge in [-0.2, -0.15) is 0 Å². The third kappa shape index (κ3) is 4.34. The van der Waals surface area contributed by atoms with Gasteiger partial charge in [-0.15, -0.1) is 0 Å². The Morgan fingerprint density at radius 3 is 2.56 bits per heavy atom. The van der Waals surface area contributed by atoms with E-state index in [9.17, 15) is 9.59 Å². The van der Waals surface area contributed by atoms with E-state index in [1.807, 2.05) is 44.2 Å². The monoisotopic (exact) mass is 372 g/mol. The molecule has 1 aliphatic carbocycles. The zero-order valence-electron chi connectivity index (χ0n) is 16.7. The van der Waals surface area contributed by atoms with Gasteiger partial charge >= 0.3 is 0 Å². The van der Waals surface area contributed by atoms with E-state index in [1.165, 1.54) is 0 Å². The predicted octanol–water partition coefficient (Wildman–Crippen LogP) is 3.28. The van der Waals surface area contributed by atoms with Gasteiger partial charge in [0.15, 0.2) is 0 Å². The summed E-state index contributed by atoms with van der Waals surface area (Å²) >= 11 is 0. The van der Waals surface area contributed by atoms with Crippen molar-refractivity contribution in [1.82, 2.24) is 10.2 Å². The zero-order valence-corrected chi connectivity index (χ0v) is 16.7. The second kappa shape index (κ2) is 8.42. The lowest BCUT2D eigenvalue weighted by Gasteiger charge is -2.43. The Bertz CT molecular complexity index is 653. The summed E-state index contributed by atoms with van der Waals surface area (Å²) in [5.74, 6) is 0.525. The first-order valence-corrected chi connectivity index (χ1v) is 10.3. The highest BCUT2D eigenvalue weighted by Gasteiger charge is 2.53. The molecule has 1 heterocycles. The standard InChI is InChI=1S/C22H32N2O3/c1-4-17(3)23-21(26)19-15-27-22(12-10-16(2)11-13-22)24(19)20(25)14-18-8-6-5-7-9-18/h5-9,16-17,19H,4,10-15H2,1-3H3,(H,23,26)/t16?,17-,19-,22?/m0/s1. The van der Waals surface area contributed by atoms with Crippen molar-refractivity contribution in [1.29, 1.82) is 0 Å². The van der Waals surface area contributed by atoms with E-state index >= 15 is 0 Å². The van der Waals surface area contributed by atoms with Crippen molar-refractivity contribution in [3.05, 3.63) is 35.9 Å². The number of carbonyl (C=O) groups excluding carboxylic acids is 2. The Kier molecular flexibility index (Phi) is 6.20. The number of benzene rings is 1. The highest BCUT2D eigenvalue weighted by Crippen LogP contribution is 2.42. The van der Waals surface area contributed by atoms with Crippen LogP contribution in [0, 0.1) is 5.92 Å². The molecule has 27 heavy (non-hydrogen) atoms. The maximum atomic E-state index is 13.3. The first-order chi connectivity index (χ1) is 12.9. The summed E-state index contributed by atoms with van der Waals surface area (Å²) in [5.41, 5.74) is 0.352. The molecule has 2 fully saturated rings. The molecule has 2 aliphatic rings. The molecule has 0 bridgehead atoms. The number of rotatable bonds is 5. The van der Waals surface area contributed by atoms with Crippen LogP contribution in [0.3, 0.4) is 0 Å². The van der Waals surface area contributed by atoms with Crippen molar-refractivity contribution in [2.24, 2.45) is 5.92 Å². The van der Waals surface area contributed by atoms with Crippen LogP contribution < -0.4 is 5.32 Å². The molecule has 2 atom stereocenters. The topological polar surface area (TPSA) is 58.6 Å². The Morgan fingerprint density at radius 2 is 1.93 bits per heavy atom. The van der Waals surface area contributed by atoms with Crippen LogP contribution in [-0.2, 0) is 20.7 Å². The fourth-order valence-corrected chi connectivity index (χ4v) is 4.15. The first kappa shape index (κ1) is 19.9. The number of carbonyl (C=O) groups is 2. The number of ether oxygens (including phenoxy) is 1. The van der Waals surface area contributed by atoms with E-state index in [2.05, 4.69) is 12.2 Å². The van der Waals surface area contributed by atoms with E-state index in [0.29, 0.717) is 12.3 Å². The molecular weight excluding hydrogens is 340 g/mol. The van der Waals surface area contributed by atoms with Crippen LogP contribution >= 0.6 is 0 Å². The average Bonchev–Trinajstić information content (AvgIpc) is 3.04. The molecule has 0 unspecified atom stereocenters. The Balaban J connectivity index is 1.83. The molecule has 5 nitrogen and oxygen atoms in total. The van der Waals surface area contributed by atoms with Crippen LogP contribution in [-0.4, -0.2) is 41.1 Å². The van der Waals surface area contributed by atoms with Gasteiger partial charge in [-0.1, -0.05) is 44.2 Å². The van der Waals surface area contributed by atoms with Crippen LogP contribution in [0.5, 0.6) is 0 Å². The summed E-state index contributed by atoms with van der Waals surface area (Å²) in [5, 5.41) is 3.04. The van der Waals surface area contributed by atoms with E-state index in [-0.39, 0.29) is 24.5 Å². The summed E-state index contributed by atoms with van der Waals surface area (Å²) in [4.78, 5) is 28.0. The van der Waals surface area contributed by atoms with Crippen molar-refractivity contribution in [3.63, 3.8) is 0 Å². The highest BCUT2D eigenvalue weighted by molar-refractivity contribution is 5.89. The molecule has 1 aromatic carbocycles. The van der Waals surface area contributed by atoms with Gasteiger partial charge in [-0.3, -0.25) is 14.5 Å². The van der Waals surface area contributed by atoms with Gasteiger partial charge < -0.3 is 10.1 Å². The lowest BCUT2D eigenvalue weighted by Crippen LogP contribution is -2.57. The molecule has 1 saturated heterocycles. The molecule has 1 saturated carbocycles. The fraction of sp³-hybridized carbons (Fsp3) is 0.636. The van der Waals surface area contributed by atoms with Crippen LogP contribution in [0.2, 0.25) is 0 Å². The summed E-state index contributed by atoms with van der Waals surface area (Å²) in [6.07, 6.45) is 4.82. The van der Waals surface area contributed by atoms with Gasteiger partial charge in [-0.25, -0.2) is 0 Å². The normalized spacial score (nSPS) is 28.9. The Morgan fingerprint density at radius 1 is 1.26 bits per heavy atom. The molecular formula is C22H32N2O3. The molecule has 1 aliphatic heterocycles. The second-order valence-electron chi connectivity index (χ2n) is 8.20. The largest absolute Gasteiger partial charge is 0.353 e. The van der Waals surface area contributed by atoms with E-state index in [0.717, 1.165) is 37.7 Å². The minimum atomic E-state index is -0.615. The number of hydrogen-bond acceptors (Lipinski definition) is 3. The van der Waals surface area contributed by atoms with Gasteiger partial charge in [0.05, 0.1) is 13.0 Å². The van der Waals surface area contributed by atoms with Gasteiger partial charge in [0.25, 0.3) is 0 Å². The number of amides is 2. The summed E-state index contributed by atoms with van der Waals surface area (Å²) in [6, 6.07) is 9.29. The smallest absolute Gasteiger partial charge is 0.245 e. The second-order valence-corrected chi connectivity index (χ2v) is 8.20. The lowest BCUT2D eigenvalue weighted by atomic mass is 9.83. The van der Waals surface area contributed by atoms with Crippen molar-refractivity contribution in [2.75, 3.05) is 6.61 Å². The van der Waals surface area contributed by atoms with E-state index in [1.54, 1.807) is 4.90 Å². The van der Waals surface area contributed by atoms with Crippen molar-refractivity contribution >= 4 is 11.8 Å². The highest BCUT2D eigenvalue weighted by atomic mass is 16.5. The predicted molar refractivity (Wildman–Crippen MR) is 105 cm³/mol. The SMILES string of the molecule is CC[C@H](C)NC(=O)[C@@H]1COC2(CCC(C)CC2)N1C(=O)Cc1ccccc1. The summed E-state index contributed by atoms with van der Waals surface area (Å²) < 4.78 is 6.19. The quantitative estimate of drug-likeness (QED) is 0.863. The average molecular weight is 373 g/mol. The van der Waals surface area contributed by atoms with Crippen molar-refractivity contribution in [3.8, 4) is 0 Å². The van der Waals surface area contributed by atoms with Gasteiger partial charge in [0.2, 0.25) is 11.8 Å². The summed E-state index contributed by atoms with van der Waals surface area (Å²) in [6.45, 7) is 6.56. The van der Waals surface area contributed by atoms with Crippen LogP contribution in [0.15, 0.2) is 30.3 Å². The Hall–Kier alpha value is -1.88. The van der Waals surface area contributed by atoms with Gasteiger partial charge in [-0.05, 0) is 50.5 Å². The molecule has 3 rings (SSSR count). The first-order valence-electron chi connectivity index (χ1n) is 10.3. The molecule has 5 heteroatoms. The zero-order chi connectivity index (χ0) is 19.4. The molecule has 1 N–H and O–H groups in total. The molecule has 0 aromatic heterocycles. The molecule has 148 valence electrons. The maximum absolute atomic E-state index is 13.3. The van der Waals surface area contributed by atoms with E-state index < -0.39 is 11.8 Å². The third-order valence-corrected chi connectivity index (χ3v) is 6.09.